The van der Waals surface area contributed by atoms with Crippen molar-refractivity contribution in [3.05, 3.63) is 54.5 Å². The number of thioether (sulfide) groups is 1. The number of nitrogens with one attached hydrogen (secondary N) is 1. The van der Waals surface area contributed by atoms with Gasteiger partial charge in [0.2, 0.25) is 21.1 Å². The molecule has 1 saturated heterocycles. The normalized spacial score (nSPS) is 15.2. The molecule has 164 valence electrons. The molecule has 0 aliphatic carbocycles. The number of hydrogen-bond acceptors (Lipinski definition) is 9. The van der Waals surface area contributed by atoms with E-state index in [1.54, 1.807) is 41.5 Å². The molecule has 0 saturated carbocycles. The minimum Gasteiger partial charge on any atom is -0.467 e. The first-order valence-corrected chi connectivity index (χ1v) is 12.8. The molecule has 4 rings (SSSR count). The van der Waals surface area contributed by atoms with Gasteiger partial charge in [-0.3, -0.25) is 4.79 Å². The highest BCUT2D eigenvalue weighted by Gasteiger charge is 2.30. The highest BCUT2D eigenvalue weighted by atomic mass is 32.2. The van der Waals surface area contributed by atoms with Gasteiger partial charge in [-0.25, -0.2) is 8.42 Å². The molecule has 0 atom stereocenters. The van der Waals surface area contributed by atoms with Gasteiger partial charge >= 0.3 is 0 Å². The summed E-state index contributed by atoms with van der Waals surface area (Å²) in [7, 11) is -3.53. The van der Waals surface area contributed by atoms with Crippen molar-refractivity contribution in [3.63, 3.8) is 0 Å². The van der Waals surface area contributed by atoms with E-state index in [1.807, 2.05) is 12.1 Å². The van der Waals surface area contributed by atoms with Crippen LogP contribution < -0.4 is 5.32 Å². The van der Waals surface area contributed by atoms with E-state index in [4.69, 9.17) is 4.42 Å². The fourth-order valence-corrected chi connectivity index (χ4v) is 6.14. The molecule has 9 nitrogen and oxygen atoms in total. The smallest absolute Gasteiger partial charge is 0.243 e. The number of rotatable bonds is 8. The molecule has 0 radical (unpaired) electrons. The number of hydrogen-bond donors (Lipinski definition) is 1. The predicted molar refractivity (Wildman–Crippen MR) is 118 cm³/mol. The first-order chi connectivity index (χ1) is 15.0. The summed E-state index contributed by atoms with van der Waals surface area (Å²) >= 11 is 2.70. The summed E-state index contributed by atoms with van der Waals surface area (Å²) in [6.45, 7) is 1.83. The lowest BCUT2D eigenvalue weighted by atomic mass is 10.3. The Hall–Kier alpha value is -2.41. The summed E-state index contributed by atoms with van der Waals surface area (Å²) in [6, 6.07) is 12.1. The van der Waals surface area contributed by atoms with Crippen LogP contribution >= 0.6 is 23.1 Å². The van der Waals surface area contributed by atoms with Crippen LogP contribution in [-0.2, 0) is 21.4 Å². The van der Waals surface area contributed by atoms with Crippen molar-refractivity contribution in [2.24, 2.45) is 0 Å². The van der Waals surface area contributed by atoms with Crippen molar-refractivity contribution in [2.75, 3.05) is 37.2 Å². The van der Waals surface area contributed by atoms with E-state index in [2.05, 4.69) is 15.5 Å². The van der Waals surface area contributed by atoms with Gasteiger partial charge in [-0.1, -0.05) is 41.3 Å². The molecule has 3 aromatic rings. The molecule has 1 aliphatic heterocycles. The number of sulfonamides is 1. The van der Waals surface area contributed by atoms with E-state index in [0.29, 0.717) is 29.1 Å². The van der Waals surface area contributed by atoms with Crippen LogP contribution in [0.2, 0.25) is 0 Å². The number of carbonyl (C=O) groups excluding carboxylic acids is 1. The van der Waals surface area contributed by atoms with Crippen molar-refractivity contribution < 1.29 is 17.6 Å². The van der Waals surface area contributed by atoms with Gasteiger partial charge in [0.05, 0.1) is 23.5 Å². The number of anilines is 1. The van der Waals surface area contributed by atoms with E-state index in [9.17, 15) is 13.2 Å². The highest BCUT2D eigenvalue weighted by Crippen LogP contribution is 2.26. The summed E-state index contributed by atoms with van der Waals surface area (Å²) in [4.78, 5) is 14.5. The molecule has 0 unspecified atom stereocenters. The van der Waals surface area contributed by atoms with Gasteiger partial charge in [0.1, 0.15) is 5.76 Å². The Labute approximate surface area is 188 Å². The van der Waals surface area contributed by atoms with Crippen LogP contribution in [0.3, 0.4) is 0 Å². The number of nitrogens with zero attached hydrogens (tertiary/aromatic N) is 4. The van der Waals surface area contributed by atoms with Crippen LogP contribution in [0, 0.1) is 0 Å². The van der Waals surface area contributed by atoms with E-state index < -0.39 is 10.0 Å². The Morgan fingerprint density at radius 2 is 1.87 bits per heavy atom. The maximum Gasteiger partial charge on any atom is 0.243 e. The number of carbonyl (C=O) groups is 1. The van der Waals surface area contributed by atoms with Gasteiger partial charge in [-0.2, -0.15) is 4.31 Å². The van der Waals surface area contributed by atoms with Gasteiger partial charge in [-0.05, 0) is 24.3 Å². The molecular weight excluding hydrogens is 458 g/mol. The minimum absolute atomic E-state index is 0.0398. The zero-order valence-corrected chi connectivity index (χ0v) is 19.0. The highest BCUT2D eigenvalue weighted by molar-refractivity contribution is 8.01. The third-order valence-corrected chi connectivity index (χ3v) is 8.60. The Bertz CT molecular complexity index is 1090. The molecule has 0 bridgehead atoms. The number of benzene rings is 1. The van der Waals surface area contributed by atoms with Gasteiger partial charge in [0.15, 0.2) is 4.34 Å². The molecule has 12 heteroatoms. The van der Waals surface area contributed by atoms with Crippen molar-refractivity contribution in [3.8, 4) is 0 Å². The predicted octanol–water partition coefficient (Wildman–Crippen LogP) is 2.37. The number of aromatic nitrogens is 2. The van der Waals surface area contributed by atoms with Gasteiger partial charge in [0, 0.05) is 26.2 Å². The largest absolute Gasteiger partial charge is 0.467 e. The molecule has 3 heterocycles. The third-order valence-electron chi connectivity index (χ3n) is 4.69. The summed E-state index contributed by atoms with van der Waals surface area (Å²) in [5, 5.41) is 11.9. The van der Waals surface area contributed by atoms with E-state index in [1.165, 1.54) is 27.4 Å². The first kappa shape index (κ1) is 21.8. The van der Waals surface area contributed by atoms with Crippen molar-refractivity contribution >= 4 is 44.2 Å². The molecule has 1 N–H and O–H groups in total. The van der Waals surface area contributed by atoms with Crippen LogP contribution in [0.15, 0.2) is 62.4 Å². The van der Waals surface area contributed by atoms with Crippen LogP contribution in [0.25, 0.3) is 0 Å². The second-order valence-corrected chi connectivity index (χ2v) is 10.8. The van der Waals surface area contributed by atoms with Crippen LogP contribution in [-0.4, -0.2) is 65.7 Å². The quantitative estimate of drug-likeness (QED) is 0.491. The summed E-state index contributed by atoms with van der Waals surface area (Å²) in [5.41, 5.74) is 0. The average molecular weight is 480 g/mol. The average Bonchev–Trinajstić information content (AvgIpc) is 3.49. The lowest BCUT2D eigenvalue weighted by Crippen LogP contribution is -2.50. The Morgan fingerprint density at radius 1 is 1.10 bits per heavy atom. The van der Waals surface area contributed by atoms with E-state index >= 15 is 0 Å². The standard InChI is InChI=1S/C19H21N5O4S3/c25-17(14-29-19-22-21-18(30-19)20-13-15-5-4-12-28-15)23-8-10-24(11-9-23)31(26,27)16-6-2-1-3-7-16/h1-7,12H,8-11,13-14H2,(H,20,21). The molecule has 1 fully saturated rings. The van der Waals surface area contributed by atoms with Crippen LogP contribution in [0.1, 0.15) is 5.76 Å². The van der Waals surface area contributed by atoms with Crippen LogP contribution in [0.5, 0.6) is 0 Å². The van der Waals surface area contributed by atoms with Gasteiger partial charge in [0.25, 0.3) is 0 Å². The van der Waals surface area contributed by atoms with Crippen LogP contribution in [0.4, 0.5) is 5.13 Å². The van der Waals surface area contributed by atoms with Crippen molar-refractivity contribution in [2.45, 2.75) is 15.8 Å². The maximum atomic E-state index is 12.7. The number of amides is 1. The monoisotopic (exact) mass is 479 g/mol. The zero-order chi connectivity index (χ0) is 21.7. The molecular formula is C19H21N5O4S3. The van der Waals surface area contributed by atoms with Gasteiger partial charge in [-0.15, -0.1) is 10.2 Å². The van der Waals surface area contributed by atoms with Crippen molar-refractivity contribution in [1.82, 2.24) is 19.4 Å². The molecule has 1 aliphatic rings. The Morgan fingerprint density at radius 3 is 2.58 bits per heavy atom. The topological polar surface area (TPSA) is 109 Å². The lowest BCUT2D eigenvalue weighted by Gasteiger charge is -2.34. The molecule has 1 amide bonds. The van der Waals surface area contributed by atoms with Gasteiger partial charge < -0.3 is 14.6 Å². The summed E-state index contributed by atoms with van der Waals surface area (Å²) < 4.78 is 32.8. The Balaban J connectivity index is 1.23. The molecule has 31 heavy (non-hydrogen) atoms. The fraction of sp³-hybridized carbons (Fsp3) is 0.316. The maximum absolute atomic E-state index is 12.7. The Kier molecular flexibility index (Phi) is 6.90. The number of furan rings is 1. The molecule has 2 aromatic heterocycles. The lowest BCUT2D eigenvalue weighted by molar-refractivity contribution is -0.129. The summed E-state index contributed by atoms with van der Waals surface area (Å²) in [6.07, 6.45) is 1.61. The molecule has 1 aromatic carbocycles. The van der Waals surface area contributed by atoms with E-state index in [-0.39, 0.29) is 29.6 Å². The first-order valence-electron chi connectivity index (χ1n) is 9.58. The molecule has 0 spiro atoms. The fourth-order valence-electron chi connectivity index (χ4n) is 3.05. The zero-order valence-electron chi connectivity index (χ0n) is 16.5. The minimum atomic E-state index is -3.53. The third kappa shape index (κ3) is 5.45. The summed E-state index contributed by atoms with van der Waals surface area (Å²) in [5.74, 6) is 0.994. The van der Waals surface area contributed by atoms with Crippen molar-refractivity contribution in [1.29, 1.82) is 0 Å². The second-order valence-electron chi connectivity index (χ2n) is 6.69. The van der Waals surface area contributed by atoms with E-state index in [0.717, 1.165) is 5.76 Å². The SMILES string of the molecule is O=C(CSc1nnc(NCc2ccco2)s1)N1CCN(S(=O)(=O)c2ccccc2)CC1. The second kappa shape index (κ2) is 9.81. The number of piperazine rings is 1.